The van der Waals surface area contributed by atoms with Crippen LogP contribution in [-0.4, -0.2) is 47.7 Å². The summed E-state index contributed by atoms with van der Waals surface area (Å²) >= 11 is 0. The quantitative estimate of drug-likeness (QED) is 0.898. The average molecular weight is 298 g/mol. The number of nitrogens with two attached hydrogens (primary N) is 1. The topological polar surface area (TPSA) is 65.6 Å². The highest BCUT2D eigenvalue weighted by atomic mass is 16.3. The molecule has 1 aliphatic rings. The lowest BCUT2D eigenvalue weighted by Crippen LogP contribution is -2.49. The lowest BCUT2D eigenvalue weighted by Gasteiger charge is -2.39. The fourth-order valence-electron chi connectivity index (χ4n) is 3.05. The highest BCUT2D eigenvalue weighted by Gasteiger charge is 2.26. The number of piperazine rings is 1. The van der Waals surface area contributed by atoms with Gasteiger partial charge in [0.05, 0.1) is 6.04 Å². The van der Waals surface area contributed by atoms with E-state index in [1.807, 2.05) is 42.6 Å². The summed E-state index contributed by atoms with van der Waals surface area (Å²) in [6.45, 7) is 4.16. The number of nitrogens with zero attached hydrogens (tertiary/aromatic N) is 3. The minimum Gasteiger partial charge on any atom is -0.508 e. The molecule has 5 heteroatoms. The average Bonchev–Trinajstić information content (AvgIpc) is 2.59. The number of pyridine rings is 1. The normalized spacial score (nSPS) is 17.4. The monoisotopic (exact) mass is 298 g/mol. The Morgan fingerprint density at radius 1 is 1.05 bits per heavy atom. The Morgan fingerprint density at radius 2 is 1.77 bits per heavy atom. The molecule has 0 radical (unpaired) electrons. The first-order chi connectivity index (χ1) is 10.8. The van der Waals surface area contributed by atoms with Crippen LogP contribution in [0.4, 0.5) is 5.82 Å². The maximum Gasteiger partial charge on any atom is 0.128 e. The van der Waals surface area contributed by atoms with Gasteiger partial charge < -0.3 is 15.7 Å². The van der Waals surface area contributed by atoms with Gasteiger partial charge in [-0.2, -0.15) is 0 Å². The lowest BCUT2D eigenvalue weighted by atomic mass is 10.0. The minimum atomic E-state index is 0.0621. The number of phenolic OH excluding ortho intramolecular Hbond substituents is 1. The molecule has 2 aromatic rings. The van der Waals surface area contributed by atoms with Gasteiger partial charge in [0.1, 0.15) is 11.6 Å². The Bertz CT molecular complexity index is 597. The number of hydrogen-bond acceptors (Lipinski definition) is 5. The third kappa shape index (κ3) is 3.05. The molecular weight excluding hydrogens is 276 g/mol. The first kappa shape index (κ1) is 14.8. The van der Waals surface area contributed by atoms with E-state index in [1.54, 1.807) is 6.07 Å². The van der Waals surface area contributed by atoms with Gasteiger partial charge >= 0.3 is 0 Å². The summed E-state index contributed by atoms with van der Waals surface area (Å²) < 4.78 is 0. The summed E-state index contributed by atoms with van der Waals surface area (Å²) in [5.41, 5.74) is 6.88. The van der Waals surface area contributed by atoms with Crippen LogP contribution in [0.3, 0.4) is 0 Å². The molecule has 0 aliphatic carbocycles. The number of aromatic hydroxyl groups is 1. The fraction of sp³-hybridized carbons (Fsp3) is 0.353. The summed E-state index contributed by atoms with van der Waals surface area (Å²) in [6, 6.07) is 13.5. The number of benzene rings is 1. The predicted octanol–water partition coefficient (Wildman–Crippen LogP) is 1.61. The number of hydrogen-bond donors (Lipinski definition) is 2. The van der Waals surface area contributed by atoms with Crippen LogP contribution >= 0.6 is 0 Å². The van der Waals surface area contributed by atoms with Crippen molar-refractivity contribution in [3.05, 3.63) is 54.2 Å². The van der Waals surface area contributed by atoms with Gasteiger partial charge in [-0.3, -0.25) is 4.90 Å². The second-order valence-electron chi connectivity index (χ2n) is 5.52. The zero-order valence-corrected chi connectivity index (χ0v) is 12.6. The molecule has 5 nitrogen and oxygen atoms in total. The highest BCUT2D eigenvalue weighted by molar-refractivity contribution is 5.39. The molecule has 3 rings (SSSR count). The van der Waals surface area contributed by atoms with Crippen LogP contribution in [0.5, 0.6) is 5.75 Å². The Balaban J connectivity index is 1.68. The molecule has 1 aromatic heterocycles. The van der Waals surface area contributed by atoms with Crippen molar-refractivity contribution in [2.75, 3.05) is 37.6 Å². The molecule has 0 bridgehead atoms. The zero-order valence-electron chi connectivity index (χ0n) is 12.6. The molecule has 0 spiro atoms. The predicted molar refractivity (Wildman–Crippen MR) is 87.9 cm³/mol. The molecule has 3 N–H and O–H groups in total. The Hall–Kier alpha value is -2.11. The summed E-state index contributed by atoms with van der Waals surface area (Å²) in [6.07, 6.45) is 1.83. The van der Waals surface area contributed by atoms with E-state index in [2.05, 4.69) is 14.8 Å². The van der Waals surface area contributed by atoms with Crippen molar-refractivity contribution in [1.82, 2.24) is 9.88 Å². The number of anilines is 1. The first-order valence-electron chi connectivity index (χ1n) is 7.67. The van der Waals surface area contributed by atoms with E-state index in [9.17, 15) is 5.11 Å². The lowest BCUT2D eigenvalue weighted by molar-refractivity contribution is 0.187. The van der Waals surface area contributed by atoms with Crippen LogP contribution in [0.25, 0.3) is 0 Å². The summed E-state index contributed by atoms with van der Waals surface area (Å²) in [4.78, 5) is 9.04. The highest BCUT2D eigenvalue weighted by Crippen LogP contribution is 2.28. The van der Waals surface area contributed by atoms with Gasteiger partial charge in [0.25, 0.3) is 0 Å². The van der Waals surface area contributed by atoms with E-state index < -0.39 is 0 Å². The van der Waals surface area contributed by atoms with E-state index in [0.29, 0.717) is 12.3 Å². The van der Waals surface area contributed by atoms with E-state index >= 15 is 0 Å². The molecule has 22 heavy (non-hydrogen) atoms. The molecule has 1 unspecified atom stereocenters. The van der Waals surface area contributed by atoms with Crippen LogP contribution in [0.1, 0.15) is 11.6 Å². The SMILES string of the molecule is NCC(c1ccccc1O)N1CCN(c2ccccn2)CC1. The van der Waals surface area contributed by atoms with E-state index in [4.69, 9.17) is 5.73 Å². The molecule has 1 aromatic carbocycles. The van der Waals surface area contributed by atoms with Crippen molar-refractivity contribution in [1.29, 1.82) is 0 Å². The molecule has 1 atom stereocenters. The third-order valence-electron chi connectivity index (χ3n) is 4.25. The molecule has 0 saturated carbocycles. The summed E-state index contributed by atoms with van der Waals surface area (Å²) in [5.74, 6) is 1.35. The van der Waals surface area contributed by atoms with Crippen molar-refractivity contribution >= 4 is 5.82 Å². The molecule has 1 aliphatic heterocycles. The number of rotatable bonds is 4. The summed E-state index contributed by atoms with van der Waals surface area (Å²) in [5, 5.41) is 10.1. The van der Waals surface area contributed by atoms with Crippen LogP contribution in [-0.2, 0) is 0 Å². The standard InChI is InChI=1S/C17H22N4O/c18-13-15(14-5-1-2-6-16(14)22)20-9-11-21(12-10-20)17-7-3-4-8-19-17/h1-8,15,22H,9-13,18H2. The van der Waals surface area contributed by atoms with Crippen molar-refractivity contribution < 1.29 is 5.11 Å². The molecule has 1 fully saturated rings. The maximum absolute atomic E-state index is 10.1. The number of para-hydroxylation sites is 1. The van der Waals surface area contributed by atoms with Crippen molar-refractivity contribution in [3.63, 3.8) is 0 Å². The van der Waals surface area contributed by atoms with Crippen LogP contribution in [0, 0.1) is 0 Å². The van der Waals surface area contributed by atoms with Crippen molar-refractivity contribution in [2.45, 2.75) is 6.04 Å². The van der Waals surface area contributed by atoms with Gasteiger partial charge in [0, 0.05) is 44.5 Å². The largest absolute Gasteiger partial charge is 0.508 e. The summed E-state index contributed by atoms with van der Waals surface area (Å²) in [7, 11) is 0. The Kier molecular flexibility index (Phi) is 4.56. The van der Waals surface area contributed by atoms with E-state index in [1.165, 1.54) is 0 Å². The fourth-order valence-corrected chi connectivity index (χ4v) is 3.05. The third-order valence-corrected chi connectivity index (χ3v) is 4.25. The zero-order chi connectivity index (χ0) is 15.4. The Morgan fingerprint density at radius 3 is 2.41 bits per heavy atom. The molecule has 1 saturated heterocycles. The van der Waals surface area contributed by atoms with E-state index in [-0.39, 0.29) is 6.04 Å². The van der Waals surface area contributed by atoms with Gasteiger partial charge in [0.2, 0.25) is 0 Å². The van der Waals surface area contributed by atoms with E-state index in [0.717, 1.165) is 37.6 Å². The van der Waals surface area contributed by atoms with Gasteiger partial charge in [-0.15, -0.1) is 0 Å². The van der Waals surface area contributed by atoms with Gasteiger partial charge in [0.15, 0.2) is 0 Å². The number of aromatic nitrogens is 1. The second kappa shape index (κ2) is 6.77. The Labute approximate surface area is 131 Å². The molecular formula is C17H22N4O. The van der Waals surface area contributed by atoms with Crippen molar-refractivity contribution in [3.8, 4) is 5.75 Å². The second-order valence-corrected chi connectivity index (χ2v) is 5.52. The molecule has 2 heterocycles. The van der Waals surface area contributed by atoms with Gasteiger partial charge in [-0.1, -0.05) is 24.3 Å². The van der Waals surface area contributed by atoms with Crippen LogP contribution < -0.4 is 10.6 Å². The smallest absolute Gasteiger partial charge is 0.128 e. The number of phenols is 1. The molecule has 0 amide bonds. The minimum absolute atomic E-state index is 0.0621. The van der Waals surface area contributed by atoms with Crippen molar-refractivity contribution in [2.24, 2.45) is 5.73 Å². The van der Waals surface area contributed by atoms with Gasteiger partial charge in [-0.05, 0) is 18.2 Å². The first-order valence-corrected chi connectivity index (χ1v) is 7.67. The van der Waals surface area contributed by atoms with Crippen LogP contribution in [0.15, 0.2) is 48.7 Å². The van der Waals surface area contributed by atoms with Crippen LogP contribution in [0.2, 0.25) is 0 Å². The molecule has 116 valence electrons. The maximum atomic E-state index is 10.1. The van der Waals surface area contributed by atoms with Gasteiger partial charge in [-0.25, -0.2) is 4.98 Å².